The van der Waals surface area contributed by atoms with E-state index in [0.717, 1.165) is 36.1 Å². The summed E-state index contributed by atoms with van der Waals surface area (Å²) in [5.74, 6) is 0. The summed E-state index contributed by atoms with van der Waals surface area (Å²) in [6, 6.07) is 11.8. The minimum atomic E-state index is 0.498. The van der Waals surface area contributed by atoms with Crippen LogP contribution in [-0.4, -0.2) is 0 Å². The average Bonchev–Trinajstić information content (AvgIpc) is 2.89. The summed E-state index contributed by atoms with van der Waals surface area (Å²) in [5.41, 5.74) is 18.6. The van der Waals surface area contributed by atoms with Gasteiger partial charge in [0.05, 0.1) is 11.3 Å². The van der Waals surface area contributed by atoms with Crippen LogP contribution in [-0.2, 0) is 12.8 Å². The van der Waals surface area contributed by atoms with E-state index in [1.807, 2.05) is 18.2 Å². The summed E-state index contributed by atoms with van der Waals surface area (Å²) in [6.07, 6.45) is 3.30. The van der Waals surface area contributed by atoms with Gasteiger partial charge >= 0.3 is 0 Å². The van der Waals surface area contributed by atoms with Crippen LogP contribution in [0.15, 0.2) is 30.3 Å². The molecule has 0 aromatic heterocycles. The summed E-state index contributed by atoms with van der Waals surface area (Å²) < 4.78 is 0. The van der Waals surface area contributed by atoms with Gasteiger partial charge in [-0.1, -0.05) is 24.3 Å². The smallest absolute Gasteiger partial charge is 0.101 e. The molecule has 3 heteroatoms. The van der Waals surface area contributed by atoms with Gasteiger partial charge in [0.2, 0.25) is 0 Å². The Bertz CT molecular complexity index is 696. The molecule has 3 nitrogen and oxygen atoms in total. The van der Waals surface area contributed by atoms with Gasteiger partial charge in [-0.25, -0.2) is 0 Å². The molecule has 0 radical (unpaired) electrons. The van der Waals surface area contributed by atoms with Crippen molar-refractivity contribution in [1.29, 1.82) is 5.26 Å². The molecule has 1 aliphatic rings. The summed E-state index contributed by atoms with van der Waals surface area (Å²) in [6.45, 7) is 0. The van der Waals surface area contributed by atoms with Crippen molar-refractivity contribution < 1.29 is 0 Å². The summed E-state index contributed by atoms with van der Waals surface area (Å²) in [4.78, 5) is 0. The van der Waals surface area contributed by atoms with Crippen LogP contribution in [0.1, 0.15) is 23.1 Å². The summed E-state index contributed by atoms with van der Waals surface area (Å²) in [7, 11) is 0. The van der Waals surface area contributed by atoms with Gasteiger partial charge in [0.25, 0.3) is 0 Å². The molecule has 0 bridgehead atoms. The second-order valence-electron chi connectivity index (χ2n) is 4.90. The Morgan fingerprint density at radius 3 is 2.53 bits per heavy atom. The van der Waals surface area contributed by atoms with E-state index in [2.05, 4.69) is 12.1 Å². The maximum Gasteiger partial charge on any atom is 0.101 e. The van der Waals surface area contributed by atoms with Crippen LogP contribution in [0.4, 0.5) is 11.4 Å². The van der Waals surface area contributed by atoms with Crippen LogP contribution in [0.5, 0.6) is 0 Å². The topological polar surface area (TPSA) is 75.8 Å². The first-order chi connectivity index (χ1) is 9.22. The Morgan fingerprint density at radius 1 is 0.947 bits per heavy atom. The van der Waals surface area contributed by atoms with Crippen molar-refractivity contribution in [2.24, 2.45) is 0 Å². The Hall–Kier alpha value is -2.47. The van der Waals surface area contributed by atoms with Gasteiger partial charge in [-0.3, -0.25) is 0 Å². The molecular formula is C16H15N3. The zero-order chi connectivity index (χ0) is 13.4. The first kappa shape index (κ1) is 11.6. The second-order valence-corrected chi connectivity index (χ2v) is 4.90. The van der Waals surface area contributed by atoms with Gasteiger partial charge in [0.1, 0.15) is 6.07 Å². The fourth-order valence-corrected chi connectivity index (χ4v) is 2.83. The number of hydrogen-bond acceptors (Lipinski definition) is 3. The van der Waals surface area contributed by atoms with E-state index in [4.69, 9.17) is 16.7 Å². The van der Waals surface area contributed by atoms with Crippen molar-refractivity contribution in [2.45, 2.75) is 19.3 Å². The zero-order valence-electron chi connectivity index (χ0n) is 10.6. The molecule has 0 fully saturated rings. The molecule has 0 saturated heterocycles. The Morgan fingerprint density at radius 2 is 1.74 bits per heavy atom. The standard InChI is InChI=1S/C16H15N3/c17-9-11-4-2-6-13(15(11)18)14-8-7-10-3-1-5-12(10)16(14)19/h2,4,6-8H,1,3,5,18-19H2. The van der Waals surface area contributed by atoms with Crippen LogP contribution in [0, 0.1) is 11.3 Å². The Kier molecular flexibility index (Phi) is 2.64. The van der Waals surface area contributed by atoms with Crippen LogP contribution >= 0.6 is 0 Å². The molecule has 94 valence electrons. The number of rotatable bonds is 1. The molecule has 0 saturated carbocycles. The maximum atomic E-state index is 9.05. The van der Waals surface area contributed by atoms with Gasteiger partial charge < -0.3 is 11.5 Å². The van der Waals surface area contributed by atoms with Crippen LogP contribution in [0.25, 0.3) is 11.1 Å². The highest BCUT2D eigenvalue weighted by Gasteiger charge is 2.18. The van der Waals surface area contributed by atoms with E-state index in [1.54, 1.807) is 6.07 Å². The average molecular weight is 249 g/mol. The minimum absolute atomic E-state index is 0.498. The summed E-state index contributed by atoms with van der Waals surface area (Å²) in [5, 5.41) is 9.05. The fraction of sp³-hybridized carbons (Fsp3) is 0.188. The number of nitrogens with zero attached hydrogens (tertiary/aromatic N) is 1. The predicted molar refractivity (Wildman–Crippen MR) is 77.4 cm³/mol. The monoisotopic (exact) mass is 249 g/mol. The lowest BCUT2D eigenvalue weighted by atomic mass is 9.95. The van der Waals surface area contributed by atoms with Gasteiger partial charge in [0.15, 0.2) is 0 Å². The third-order valence-electron chi connectivity index (χ3n) is 3.84. The molecule has 19 heavy (non-hydrogen) atoms. The van der Waals surface area contributed by atoms with Crippen molar-refractivity contribution in [3.8, 4) is 17.2 Å². The molecule has 0 spiro atoms. The number of benzene rings is 2. The number of aryl methyl sites for hydroxylation is 1. The van der Waals surface area contributed by atoms with E-state index < -0.39 is 0 Å². The molecule has 0 heterocycles. The Balaban J connectivity index is 2.22. The predicted octanol–water partition coefficient (Wildman–Crippen LogP) is 2.88. The van der Waals surface area contributed by atoms with Gasteiger partial charge in [-0.2, -0.15) is 5.26 Å². The van der Waals surface area contributed by atoms with Crippen molar-refractivity contribution in [2.75, 3.05) is 11.5 Å². The first-order valence-electron chi connectivity index (χ1n) is 6.41. The molecule has 0 aliphatic heterocycles. The van der Waals surface area contributed by atoms with Crippen molar-refractivity contribution >= 4 is 11.4 Å². The summed E-state index contributed by atoms with van der Waals surface area (Å²) >= 11 is 0. The quantitative estimate of drug-likeness (QED) is 0.763. The van der Waals surface area contributed by atoms with E-state index in [0.29, 0.717) is 11.3 Å². The largest absolute Gasteiger partial charge is 0.398 e. The van der Waals surface area contributed by atoms with Crippen molar-refractivity contribution in [3.63, 3.8) is 0 Å². The van der Waals surface area contributed by atoms with Gasteiger partial charge in [0, 0.05) is 16.8 Å². The lowest BCUT2D eigenvalue weighted by Crippen LogP contribution is -2.00. The molecular weight excluding hydrogens is 234 g/mol. The van der Waals surface area contributed by atoms with E-state index >= 15 is 0 Å². The fourth-order valence-electron chi connectivity index (χ4n) is 2.83. The molecule has 0 unspecified atom stereocenters. The first-order valence-corrected chi connectivity index (χ1v) is 6.41. The molecule has 2 aromatic rings. The highest BCUT2D eigenvalue weighted by atomic mass is 14.6. The highest BCUT2D eigenvalue weighted by molar-refractivity contribution is 5.88. The lowest BCUT2D eigenvalue weighted by Gasteiger charge is -2.13. The number of hydrogen-bond donors (Lipinski definition) is 2. The third-order valence-corrected chi connectivity index (χ3v) is 3.84. The SMILES string of the molecule is N#Cc1cccc(-c2ccc3c(c2N)CCC3)c1N. The van der Waals surface area contributed by atoms with E-state index in [9.17, 15) is 0 Å². The minimum Gasteiger partial charge on any atom is -0.398 e. The molecule has 4 N–H and O–H groups in total. The van der Waals surface area contributed by atoms with E-state index in [-0.39, 0.29) is 0 Å². The number of nitrogens with two attached hydrogens (primary N) is 2. The van der Waals surface area contributed by atoms with Crippen LogP contribution < -0.4 is 11.5 Å². The number of para-hydroxylation sites is 1. The van der Waals surface area contributed by atoms with Crippen LogP contribution in [0.2, 0.25) is 0 Å². The van der Waals surface area contributed by atoms with Crippen molar-refractivity contribution in [1.82, 2.24) is 0 Å². The molecule has 2 aromatic carbocycles. The second kappa shape index (κ2) is 4.33. The maximum absolute atomic E-state index is 9.05. The third kappa shape index (κ3) is 1.73. The molecule has 3 rings (SSSR count). The van der Waals surface area contributed by atoms with Gasteiger partial charge in [-0.05, 0) is 36.5 Å². The van der Waals surface area contributed by atoms with Crippen molar-refractivity contribution in [3.05, 3.63) is 47.0 Å². The highest BCUT2D eigenvalue weighted by Crippen LogP contribution is 2.38. The normalized spacial score (nSPS) is 13.0. The zero-order valence-corrected chi connectivity index (χ0v) is 10.6. The van der Waals surface area contributed by atoms with E-state index in [1.165, 1.54) is 11.1 Å². The number of nitrogen functional groups attached to an aromatic ring is 2. The molecule has 0 amide bonds. The molecule has 0 atom stereocenters. The van der Waals surface area contributed by atoms with Crippen LogP contribution in [0.3, 0.4) is 0 Å². The molecule has 1 aliphatic carbocycles. The number of nitriles is 1. The lowest BCUT2D eigenvalue weighted by molar-refractivity contribution is 0.912. The van der Waals surface area contributed by atoms with Gasteiger partial charge in [-0.15, -0.1) is 0 Å². The number of anilines is 2. The Labute approximate surface area is 112 Å². The number of fused-ring (bicyclic) bond motifs is 1.